The van der Waals surface area contributed by atoms with Crippen molar-refractivity contribution in [1.82, 2.24) is 14.1 Å². The second kappa shape index (κ2) is 10.5. The molecule has 0 spiro atoms. The third kappa shape index (κ3) is 5.08. The van der Waals surface area contributed by atoms with Crippen molar-refractivity contribution in [2.75, 3.05) is 59.6 Å². The molecule has 0 unspecified atom stereocenters. The largest absolute Gasteiger partial charge is 0.496 e. The van der Waals surface area contributed by atoms with Crippen LogP contribution in [0.2, 0.25) is 0 Å². The summed E-state index contributed by atoms with van der Waals surface area (Å²) in [6, 6.07) is 13.2. The van der Waals surface area contributed by atoms with Gasteiger partial charge in [-0.15, -0.1) is 0 Å². The number of carbonyl (C=O) groups is 2. The first-order chi connectivity index (χ1) is 16.4. The van der Waals surface area contributed by atoms with Gasteiger partial charge in [0.15, 0.2) is 0 Å². The van der Waals surface area contributed by atoms with E-state index in [1.54, 1.807) is 40.1 Å². The van der Waals surface area contributed by atoms with Gasteiger partial charge in [-0.1, -0.05) is 12.1 Å². The lowest BCUT2D eigenvalue weighted by Gasteiger charge is -2.26. The molecule has 0 aromatic heterocycles. The van der Waals surface area contributed by atoms with Crippen molar-refractivity contribution in [3.8, 4) is 5.75 Å². The molecule has 2 aromatic rings. The zero-order valence-electron chi connectivity index (χ0n) is 19.2. The molecule has 34 heavy (non-hydrogen) atoms. The normalized spacial score (nSPS) is 17.8. The number of para-hydroxylation sites is 1. The van der Waals surface area contributed by atoms with Gasteiger partial charge in [-0.3, -0.25) is 9.59 Å². The Kier molecular flexibility index (Phi) is 7.50. The van der Waals surface area contributed by atoms with Crippen molar-refractivity contribution in [1.29, 1.82) is 0 Å². The van der Waals surface area contributed by atoms with E-state index in [9.17, 15) is 18.0 Å². The second-order valence-electron chi connectivity index (χ2n) is 8.18. The lowest BCUT2D eigenvalue weighted by atomic mass is 10.1. The molecule has 0 radical (unpaired) electrons. The summed E-state index contributed by atoms with van der Waals surface area (Å²) in [5, 5.41) is 0. The molecule has 2 saturated heterocycles. The maximum absolute atomic E-state index is 13.1. The third-order valence-electron chi connectivity index (χ3n) is 6.12. The number of nitrogens with zero attached hydrogens (tertiary/aromatic N) is 3. The number of morpholine rings is 1. The van der Waals surface area contributed by atoms with Gasteiger partial charge in [0.2, 0.25) is 10.0 Å². The Labute approximate surface area is 199 Å². The molecule has 0 saturated carbocycles. The van der Waals surface area contributed by atoms with E-state index in [1.165, 1.54) is 23.5 Å². The Balaban J connectivity index is 1.41. The number of methoxy groups -OCH3 is 1. The van der Waals surface area contributed by atoms with Gasteiger partial charge in [-0.25, -0.2) is 8.42 Å². The molecule has 4 rings (SSSR count). The summed E-state index contributed by atoms with van der Waals surface area (Å²) in [5.74, 6) is 0.225. The molecule has 182 valence electrons. The smallest absolute Gasteiger partial charge is 0.257 e. The molecular formula is C24H29N3O6S. The van der Waals surface area contributed by atoms with Crippen LogP contribution < -0.4 is 4.74 Å². The highest BCUT2D eigenvalue weighted by molar-refractivity contribution is 7.89. The van der Waals surface area contributed by atoms with E-state index in [0.29, 0.717) is 75.8 Å². The molecule has 10 heteroatoms. The van der Waals surface area contributed by atoms with Crippen molar-refractivity contribution in [3.63, 3.8) is 0 Å². The fourth-order valence-corrected chi connectivity index (χ4v) is 5.61. The van der Waals surface area contributed by atoms with E-state index in [4.69, 9.17) is 9.47 Å². The van der Waals surface area contributed by atoms with Crippen LogP contribution in [0.25, 0.3) is 0 Å². The summed E-state index contributed by atoms with van der Waals surface area (Å²) in [4.78, 5) is 29.7. The molecule has 2 heterocycles. The lowest BCUT2D eigenvalue weighted by Crippen LogP contribution is -2.40. The van der Waals surface area contributed by atoms with E-state index in [1.807, 2.05) is 6.07 Å². The van der Waals surface area contributed by atoms with Crippen LogP contribution in [0.4, 0.5) is 0 Å². The molecule has 2 fully saturated rings. The number of rotatable bonds is 5. The quantitative estimate of drug-likeness (QED) is 0.637. The molecule has 0 N–H and O–H groups in total. The SMILES string of the molecule is COc1ccccc1C(=O)N1CCCN(C(=O)c2ccc(S(=O)(=O)N3CCOCC3)cc2)CC1. The predicted molar refractivity (Wildman–Crippen MR) is 125 cm³/mol. The van der Waals surface area contributed by atoms with Gasteiger partial charge < -0.3 is 19.3 Å². The number of carbonyl (C=O) groups excluding carboxylic acids is 2. The Bertz CT molecular complexity index is 1130. The number of hydrogen-bond donors (Lipinski definition) is 0. The van der Waals surface area contributed by atoms with Crippen LogP contribution >= 0.6 is 0 Å². The van der Waals surface area contributed by atoms with Crippen LogP contribution in [0.1, 0.15) is 27.1 Å². The second-order valence-corrected chi connectivity index (χ2v) is 10.1. The van der Waals surface area contributed by atoms with Crippen molar-refractivity contribution < 1.29 is 27.5 Å². The van der Waals surface area contributed by atoms with Crippen LogP contribution in [0.3, 0.4) is 0 Å². The summed E-state index contributed by atoms with van der Waals surface area (Å²) in [6.07, 6.45) is 0.649. The van der Waals surface area contributed by atoms with E-state index < -0.39 is 10.0 Å². The van der Waals surface area contributed by atoms with Crippen molar-refractivity contribution in [2.24, 2.45) is 0 Å². The van der Waals surface area contributed by atoms with Crippen LogP contribution in [0.15, 0.2) is 53.4 Å². The van der Waals surface area contributed by atoms with Crippen LogP contribution in [0.5, 0.6) is 5.75 Å². The number of sulfonamides is 1. The topological polar surface area (TPSA) is 96.5 Å². The Morgan fingerprint density at radius 1 is 0.824 bits per heavy atom. The Morgan fingerprint density at radius 2 is 1.44 bits per heavy atom. The summed E-state index contributed by atoms with van der Waals surface area (Å²) < 4.78 is 37.6. The van der Waals surface area contributed by atoms with Gasteiger partial charge in [-0.05, 0) is 42.8 Å². The van der Waals surface area contributed by atoms with Crippen molar-refractivity contribution in [3.05, 3.63) is 59.7 Å². The lowest BCUT2D eigenvalue weighted by molar-refractivity contribution is 0.0716. The van der Waals surface area contributed by atoms with E-state index in [0.717, 1.165) is 0 Å². The fourth-order valence-electron chi connectivity index (χ4n) is 4.20. The minimum atomic E-state index is -3.61. The molecule has 0 atom stereocenters. The highest BCUT2D eigenvalue weighted by Crippen LogP contribution is 2.21. The number of ether oxygens (including phenoxy) is 2. The maximum atomic E-state index is 13.1. The first-order valence-electron chi connectivity index (χ1n) is 11.3. The Morgan fingerprint density at radius 3 is 2.09 bits per heavy atom. The predicted octanol–water partition coefficient (Wildman–Crippen LogP) is 1.70. The van der Waals surface area contributed by atoms with Gasteiger partial charge in [0, 0.05) is 44.8 Å². The van der Waals surface area contributed by atoms with Gasteiger partial charge in [0.25, 0.3) is 11.8 Å². The summed E-state index contributed by atoms with van der Waals surface area (Å²) in [7, 11) is -2.08. The van der Waals surface area contributed by atoms with Crippen LogP contribution in [-0.4, -0.2) is 93.9 Å². The van der Waals surface area contributed by atoms with Gasteiger partial charge >= 0.3 is 0 Å². The minimum Gasteiger partial charge on any atom is -0.496 e. The molecule has 2 aliphatic rings. The Hall–Kier alpha value is -2.95. The molecular weight excluding hydrogens is 458 g/mol. The fraction of sp³-hybridized carbons (Fsp3) is 0.417. The molecule has 2 aromatic carbocycles. The molecule has 0 aliphatic carbocycles. The molecule has 9 nitrogen and oxygen atoms in total. The average molecular weight is 488 g/mol. The summed E-state index contributed by atoms with van der Waals surface area (Å²) in [6.45, 7) is 3.25. The minimum absolute atomic E-state index is 0.121. The van der Waals surface area contributed by atoms with E-state index >= 15 is 0 Å². The first-order valence-corrected chi connectivity index (χ1v) is 12.8. The van der Waals surface area contributed by atoms with E-state index in [-0.39, 0.29) is 16.7 Å². The third-order valence-corrected chi connectivity index (χ3v) is 8.03. The van der Waals surface area contributed by atoms with Crippen LogP contribution in [0, 0.1) is 0 Å². The standard InChI is InChI=1S/C24H29N3O6S/c1-32-22-6-3-2-5-21(22)24(29)26-12-4-11-25(13-14-26)23(28)19-7-9-20(10-8-19)34(30,31)27-15-17-33-18-16-27/h2-3,5-10H,4,11-18H2,1H3. The van der Waals surface area contributed by atoms with Gasteiger partial charge in [0.05, 0.1) is 30.8 Å². The highest BCUT2D eigenvalue weighted by atomic mass is 32.2. The average Bonchev–Trinajstić information content (AvgIpc) is 3.15. The maximum Gasteiger partial charge on any atom is 0.257 e. The van der Waals surface area contributed by atoms with Gasteiger partial charge in [0.1, 0.15) is 5.75 Å². The van der Waals surface area contributed by atoms with E-state index in [2.05, 4.69) is 0 Å². The molecule has 2 aliphatic heterocycles. The zero-order chi connectivity index (χ0) is 24.1. The number of benzene rings is 2. The highest BCUT2D eigenvalue weighted by Gasteiger charge is 2.28. The first kappa shape index (κ1) is 24.2. The van der Waals surface area contributed by atoms with Crippen molar-refractivity contribution in [2.45, 2.75) is 11.3 Å². The number of hydrogen-bond acceptors (Lipinski definition) is 6. The zero-order valence-corrected chi connectivity index (χ0v) is 20.0. The van der Waals surface area contributed by atoms with Crippen LogP contribution in [-0.2, 0) is 14.8 Å². The number of amides is 2. The summed E-state index contributed by atoms with van der Waals surface area (Å²) >= 11 is 0. The summed E-state index contributed by atoms with van der Waals surface area (Å²) in [5.41, 5.74) is 0.923. The monoisotopic (exact) mass is 487 g/mol. The van der Waals surface area contributed by atoms with Gasteiger partial charge in [-0.2, -0.15) is 4.31 Å². The molecule has 2 amide bonds. The molecule has 0 bridgehead atoms. The van der Waals surface area contributed by atoms with Crippen molar-refractivity contribution >= 4 is 21.8 Å².